The minimum Gasteiger partial charge on any atom is -0.481 e. The van der Waals surface area contributed by atoms with Crippen molar-refractivity contribution in [3.63, 3.8) is 0 Å². The molecule has 220 valence electrons. The zero-order chi connectivity index (χ0) is 30.4. The molecule has 42 heavy (non-hydrogen) atoms. The smallest absolute Gasteiger partial charge is 0.303 e. The van der Waals surface area contributed by atoms with Gasteiger partial charge in [-0.2, -0.15) is 0 Å². The van der Waals surface area contributed by atoms with E-state index in [9.17, 15) is 14.4 Å². The van der Waals surface area contributed by atoms with Crippen molar-refractivity contribution in [3.05, 3.63) is 93.2 Å². The first-order valence-corrected chi connectivity index (χ1v) is 14.5. The van der Waals surface area contributed by atoms with Crippen molar-refractivity contribution in [2.75, 3.05) is 10.6 Å². The van der Waals surface area contributed by atoms with E-state index in [1.165, 1.54) is 6.07 Å². The highest BCUT2D eigenvalue weighted by molar-refractivity contribution is 6.31. The predicted molar refractivity (Wildman–Crippen MR) is 162 cm³/mol. The largest absolute Gasteiger partial charge is 0.481 e. The summed E-state index contributed by atoms with van der Waals surface area (Å²) in [4.78, 5) is 39.2. The maximum absolute atomic E-state index is 15.9. The first-order valence-electron chi connectivity index (χ1n) is 13.7. The topological polar surface area (TPSA) is 108 Å². The number of rotatable bonds is 7. The van der Waals surface area contributed by atoms with E-state index in [0.29, 0.717) is 34.8 Å². The normalized spacial score (nSPS) is 23.1. The Labute approximate surface area is 253 Å². The van der Waals surface area contributed by atoms with Crippen LogP contribution in [0.2, 0.25) is 10.0 Å². The Bertz CT molecular complexity index is 1560. The van der Waals surface area contributed by atoms with Gasteiger partial charge in [0.15, 0.2) is 0 Å². The van der Waals surface area contributed by atoms with Crippen LogP contribution in [0.3, 0.4) is 0 Å². The van der Waals surface area contributed by atoms with E-state index in [1.54, 1.807) is 54.6 Å². The molecule has 2 heterocycles. The van der Waals surface area contributed by atoms with Crippen molar-refractivity contribution in [3.8, 4) is 0 Å². The van der Waals surface area contributed by atoms with Crippen molar-refractivity contribution in [2.45, 2.75) is 63.5 Å². The average Bonchev–Trinajstić information content (AvgIpc) is 3.38. The first-order chi connectivity index (χ1) is 19.8. The summed E-state index contributed by atoms with van der Waals surface area (Å²) in [5.41, 5.74) is 1.03. The molecule has 3 aromatic rings. The van der Waals surface area contributed by atoms with Crippen LogP contribution in [0, 0.1) is 11.2 Å². The van der Waals surface area contributed by atoms with Crippen LogP contribution >= 0.6 is 23.2 Å². The average molecular weight is 613 g/mol. The number of anilines is 2. The monoisotopic (exact) mass is 611 g/mol. The summed E-state index contributed by atoms with van der Waals surface area (Å²) in [5.74, 6) is -3.32. The van der Waals surface area contributed by atoms with Gasteiger partial charge in [0.25, 0.3) is 0 Å². The molecule has 1 saturated heterocycles. The van der Waals surface area contributed by atoms with Gasteiger partial charge in [-0.3, -0.25) is 14.4 Å². The number of amides is 2. The van der Waals surface area contributed by atoms with Crippen molar-refractivity contribution < 1.29 is 23.9 Å². The fourth-order valence-corrected chi connectivity index (χ4v) is 6.73. The lowest BCUT2D eigenvalue weighted by atomic mass is 9.62. The van der Waals surface area contributed by atoms with Crippen LogP contribution in [-0.2, 0) is 26.2 Å². The number of benzene rings is 3. The van der Waals surface area contributed by atoms with E-state index in [0.717, 1.165) is 5.56 Å². The van der Waals surface area contributed by atoms with Crippen molar-refractivity contribution in [2.24, 2.45) is 5.41 Å². The second-order valence-corrected chi connectivity index (χ2v) is 13.0. The van der Waals surface area contributed by atoms with Gasteiger partial charge in [0.2, 0.25) is 11.8 Å². The number of halogens is 3. The van der Waals surface area contributed by atoms with E-state index in [2.05, 4.69) is 16.0 Å². The van der Waals surface area contributed by atoms with Crippen LogP contribution in [0.5, 0.6) is 0 Å². The Morgan fingerprint density at radius 2 is 1.79 bits per heavy atom. The lowest BCUT2D eigenvalue weighted by Crippen LogP contribution is -2.49. The van der Waals surface area contributed by atoms with Gasteiger partial charge >= 0.3 is 5.97 Å². The van der Waals surface area contributed by atoms with Gasteiger partial charge in [0.1, 0.15) is 11.2 Å². The zero-order valence-electron chi connectivity index (χ0n) is 23.4. The molecule has 1 fully saturated rings. The number of carbonyl (C=O) groups is 3. The fourth-order valence-electron chi connectivity index (χ4n) is 6.38. The summed E-state index contributed by atoms with van der Waals surface area (Å²) in [6, 6.07) is 15.1. The summed E-state index contributed by atoms with van der Waals surface area (Å²) in [6.07, 6.45) is 0.860. The number of carbonyl (C=O) groups excluding carboxylic acids is 2. The van der Waals surface area contributed by atoms with Crippen LogP contribution < -0.4 is 16.0 Å². The molecule has 0 aromatic heterocycles. The molecule has 3 aromatic carbocycles. The predicted octanol–water partition coefficient (Wildman–Crippen LogP) is 6.54. The van der Waals surface area contributed by atoms with E-state index >= 15 is 4.39 Å². The third-order valence-electron chi connectivity index (χ3n) is 8.07. The number of carboxylic acid groups (broad SMARTS) is 1. The number of carboxylic acids is 1. The molecule has 0 aliphatic carbocycles. The van der Waals surface area contributed by atoms with Crippen LogP contribution in [0.15, 0.2) is 60.7 Å². The number of aliphatic carboxylic acids is 1. The van der Waals surface area contributed by atoms with Crippen LogP contribution in [0.1, 0.15) is 56.2 Å². The first kappa shape index (κ1) is 30.0. The molecule has 4 N–H and O–H groups in total. The summed E-state index contributed by atoms with van der Waals surface area (Å²) in [7, 11) is 0. The van der Waals surface area contributed by atoms with Gasteiger partial charge in [0.05, 0.1) is 11.1 Å². The Morgan fingerprint density at radius 3 is 2.45 bits per heavy atom. The lowest BCUT2D eigenvalue weighted by molar-refractivity contribution is -0.137. The highest BCUT2D eigenvalue weighted by Gasteiger charge is 2.66. The summed E-state index contributed by atoms with van der Waals surface area (Å²) < 4.78 is 15.9. The quantitative estimate of drug-likeness (QED) is 0.243. The van der Waals surface area contributed by atoms with Gasteiger partial charge in [-0.1, -0.05) is 74.3 Å². The molecule has 0 bridgehead atoms. The molecule has 4 atom stereocenters. The van der Waals surface area contributed by atoms with Crippen molar-refractivity contribution in [1.82, 2.24) is 5.32 Å². The van der Waals surface area contributed by atoms with Crippen molar-refractivity contribution in [1.29, 1.82) is 0 Å². The molecular formula is C32H32Cl2FN3O4. The van der Waals surface area contributed by atoms with Crippen molar-refractivity contribution >= 4 is 52.4 Å². The molecule has 0 saturated carbocycles. The van der Waals surface area contributed by atoms with Gasteiger partial charge < -0.3 is 21.1 Å². The van der Waals surface area contributed by atoms with Crippen LogP contribution in [0.25, 0.3) is 0 Å². The van der Waals surface area contributed by atoms with E-state index in [1.807, 2.05) is 20.8 Å². The van der Waals surface area contributed by atoms with Gasteiger partial charge in [-0.25, -0.2) is 4.39 Å². The SMILES string of the molecule is CC(C)(C)C[C@@H]1N[C@@H](C(=O)Nc2ccc(CCC(=O)O)cc2)[C@H](c2cccc(Cl)c2F)C12C(=O)Nc1cc(Cl)ccc12. The molecule has 7 nitrogen and oxygen atoms in total. The summed E-state index contributed by atoms with van der Waals surface area (Å²) in [6.45, 7) is 6.14. The Morgan fingerprint density at radius 1 is 1.07 bits per heavy atom. The zero-order valence-corrected chi connectivity index (χ0v) is 24.9. The minimum atomic E-state index is -1.35. The number of aryl methyl sites for hydroxylation is 1. The highest BCUT2D eigenvalue weighted by atomic mass is 35.5. The molecule has 10 heteroatoms. The summed E-state index contributed by atoms with van der Waals surface area (Å²) >= 11 is 12.5. The third-order valence-corrected chi connectivity index (χ3v) is 8.60. The maximum Gasteiger partial charge on any atom is 0.303 e. The van der Waals surface area contributed by atoms with E-state index < -0.39 is 41.1 Å². The molecular weight excluding hydrogens is 580 g/mol. The van der Waals surface area contributed by atoms with E-state index in [-0.39, 0.29) is 28.3 Å². The molecule has 1 spiro atoms. The molecule has 2 amide bonds. The van der Waals surface area contributed by atoms with Gasteiger partial charge in [0, 0.05) is 34.8 Å². The molecule has 5 rings (SSSR count). The third kappa shape index (κ3) is 5.51. The number of hydrogen-bond acceptors (Lipinski definition) is 4. The standard InChI is InChI=1S/C32H32Cl2FN3O4/c1-31(2,3)16-24-32(21-13-10-18(33)15-23(21)37-30(32)42)26(20-5-4-6-22(34)27(20)35)28(38-24)29(41)36-19-11-7-17(8-12-19)9-14-25(39)40/h4-8,10-13,15,24,26,28,38H,9,14,16H2,1-3H3,(H,36,41)(H,37,42)(H,39,40)/t24-,26-,28+,32?/m0/s1. The fraction of sp³-hybridized carbons (Fsp3) is 0.344. The van der Waals surface area contributed by atoms with Gasteiger partial charge in [-0.05, 0) is 65.3 Å². The molecule has 2 aliphatic heterocycles. The number of hydrogen-bond donors (Lipinski definition) is 4. The molecule has 1 unspecified atom stereocenters. The highest BCUT2D eigenvalue weighted by Crippen LogP contribution is 2.57. The number of fused-ring (bicyclic) bond motifs is 2. The minimum absolute atomic E-state index is 0.00340. The second kappa shape index (κ2) is 11.3. The van der Waals surface area contributed by atoms with Crippen LogP contribution in [-0.4, -0.2) is 35.0 Å². The number of nitrogens with one attached hydrogen (secondary N) is 3. The maximum atomic E-state index is 15.9. The van der Waals surface area contributed by atoms with Gasteiger partial charge in [-0.15, -0.1) is 0 Å². The second-order valence-electron chi connectivity index (χ2n) is 12.2. The lowest BCUT2D eigenvalue weighted by Gasteiger charge is -2.37. The summed E-state index contributed by atoms with van der Waals surface area (Å²) in [5, 5.41) is 18.6. The molecule has 0 radical (unpaired) electrons. The van der Waals surface area contributed by atoms with Crippen LogP contribution in [0.4, 0.5) is 15.8 Å². The Hall–Kier alpha value is -3.46. The van der Waals surface area contributed by atoms with E-state index in [4.69, 9.17) is 28.3 Å². The molecule has 2 aliphatic rings. The Balaban J connectivity index is 1.62. The Kier molecular flexibility index (Phi) is 8.09.